The number of aromatic nitrogens is 1. The van der Waals surface area contributed by atoms with Crippen molar-refractivity contribution in [3.05, 3.63) is 58.4 Å². The van der Waals surface area contributed by atoms with E-state index in [-0.39, 0.29) is 41.1 Å². The first-order chi connectivity index (χ1) is 16.2. The van der Waals surface area contributed by atoms with E-state index in [4.69, 9.17) is 16.3 Å². The number of ketones is 1. The van der Waals surface area contributed by atoms with Gasteiger partial charge in [-0.1, -0.05) is 11.6 Å². The van der Waals surface area contributed by atoms with Crippen LogP contribution in [0, 0.1) is 18.3 Å². The molecule has 178 valence electrons. The van der Waals surface area contributed by atoms with Crippen LogP contribution in [0.15, 0.2) is 36.5 Å². The second kappa shape index (κ2) is 8.69. The van der Waals surface area contributed by atoms with Gasteiger partial charge >= 0.3 is 0 Å². The highest BCUT2D eigenvalue weighted by Crippen LogP contribution is 2.69. The lowest BCUT2D eigenvalue weighted by molar-refractivity contribution is -0.162. The molecule has 0 saturated heterocycles. The van der Waals surface area contributed by atoms with Crippen LogP contribution in [0.1, 0.15) is 60.1 Å². The highest BCUT2D eigenvalue weighted by atomic mass is 35.5. The van der Waals surface area contributed by atoms with Gasteiger partial charge in [0.05, 0.1) is 0 Å². The van der Waals surface area contributed by atoms with E-state index in [9.17, 15) is 14.4 Å². The van der Waals surface area contributed by atoms with Crippen LogP contribution in [0.4, 0.5) is 0 Å². The van der Waals surface area contributed by atoms with Gasteiger partial charge in [0, 0.05) is 35.6 Å². The van der Waals surface area contributed by atoms with Gasteiger partial charge in [-0.05, 0) is 85.9 Å². The molecule has 2 N–H and O–H groups in total. The van der Waals surface area contributed by atoms with Crippen LogP contribution in [0.2, 0.25) is 5.02 Å². The van der Waals surface area contributed by atoms with Crippen molar-refractivity contribution in [2.24, 2.45) is 11.3 Å². The summed E-state index contributed by atoms with van der Waals surface area (Å²) < 4.78 is 5.63. The molecule has 2 bridgehead atoms. The van der Waals surface area contributed by atoms with Gasteiger partial charge in [-0.2, -0.15) is 0 Å². The summed E-state index contributed by atoms with van der Waals surface area (Å²) in [5.74, 6) is 0.719. The fraction of sp³-hybridized carbons (Fsp3) is 0.462. The maximum Gasteiger partial charge on any atom is 0.270 e. The second-order valence-electron chi connectivity index (χ2n) is 10.2. The predicted octanol–water partition coefficient (Wildman–Crippen LogP) is 3.76. The topological polar surface area (TPSA) is 97.4 Å². The lowest BCUT2D eigenvalue weighted by atomic mass is 9.38. The fourth-order valence-corrected chi connectivity index (χ4v) is 5.47. The van der Waals surface area contributed by atoms with Gasteiger partial charge in [-0.15, -0.1) is 0 Å². The molecule has 0 atom stereocenters. The molecule has 4 fully saturated rings. The highest BCUT2D eigenvalue weighted by Gasteiger charge is 2.68. The predicted molar refractivity (Wildman–Crippen MR) is 127 cm³/mol. The van der Waals surface area contributed by atoms with E-state index in [0.29, 0.717) is 29.4 Å². The lowest BCUT2D eigenvalue weighted by Gasteiger charge is -2.70. The monoisotopic (exact) mass is 481 g/mol. The molecule has 4 saturated carbocycles. The number of halogens is 1. The molecule has 8 heteroatoms. The SMILES string of the molecule is Cc1cc(OCC(=O)CC23CC(NC(=O)c4cc(CNC(=O)C5CC5)ccn4)(C2)C3)ccc1Cl. The molecule has 1 aromatic carbocycles. The van der Waals surface area contributed by atoms with E-state index >= 15 is 0 Å². The van der Waals surface area contributed by atoms with Gasteiger partial charge < -0.3 is 15.4 Å². The van der Waals surface area contributed by atoms with E-state index in [0.717, 1.165) is 43.2 Å². The Kier molecular flexibility index (Phi) is 5.84. The molecule has 0 aliphatic heterocycles. The summed E-state index contributed by atoms with van der Waals surface area (Å²) in [7, 11) is 0. The Bertz CT molecular complexity index is 1140. The van der Waals surface area contributed by atoms with E-state index in [1.165, 1.54) is 0 Å². The van der Waals surface area contributed by atoms with Crippen molar-refractivity contribution in [2.75, 3.05) is 6.61 Å². The van der Waals surface area contributed by atoms with Crippen molar-refractivity contribution in [3.8, 4) is 5.75 Å². The molecule has 0 spiro atoms. The minimum Gasteiger partial charge on any atom is -0.486 e. The number of hydrogen-bond donors (Lipinski definition) is 2. The summed E-state index contributed by atoms with van der Waals surface area (Å²) in [5, 5.41) is 6.70. The van der Waals surface area contributed by atoms with E-state index < -0.39 is 0 Å². The number of hydrogen-bond acceptors (Lipinski definition) is 5. The van der Waals surface area contributed by atoms with Crippen LogP contribution >= 0.6 is 11.6 Å². The zero-order valence-corrected chi connectivity index (χ0v) is 19.9. The Morgan fingerprint density at radius 3 is 2.62 bits per heavy atom. The van der Waals surface area contributed by atoms with Crippen LogP contribution in [0.5, 0.6) is 5.75 Å². The zero-order chi connectivity index (χ0) is 23.9. The highest BCUT2D eigenvalue weighted by molar-refractivity contribution is 6.31. The van der Waals surface area contributed by atoms with Gasteiger partial charge in [0.15, 0.2) is 5.78 Å². The number of rotatable bonds is 10. The molecule has 0 unspecified atom stereocenters. The number of carbonyl (C=O) groups is 3. The third-order valence-electron chi connectivity index (χ3n) is 7.09. The Morgan fingerprint density at radius 1 is 1.15 bits per heavy atom. The summed E-state index contributed by atoms with van der Waals surface area (Å²) in [6.07, 6.45) is 6.38. The molecule has 2 amide bonds. The summed E-state index contributed by atoms with van der Waals surface area (Å²) >= 11 is 6.02. The summed E-state index contributed by atoms with van der Waals surface area (Å²) in [6, 6.07) is 8.88. The van der Waals surface area contributed by atoms with Crippen LogP contribution in [0.3, 0.4) is 0 Å². The number of Topliss-reactive ketones (excluding diaryl/α,β-unsaturated/α-hetero) is 1. The first-order valence-electron chi connectivity index (χ1n) is 11.7. The zero-order valence-electron chi connectivity index (χ0n) is 19.2. The number of pyridine rings is 1. The van der Waals surface area contributed by atoms with Crippen molar-refractivity contribution >= 4 is 29.2 Å². The van der Waals surface area contributed by atoms with Gasteiger partial charge in [-0.25, -0.2) is 0 Å². The van der Waals surface area contributed by atoms with Crippen molar-refractivity contribution in [3.63, 3.8) is 0 Å². The largest absolute Gasteiger partial charge is 0.486 e. The molecular formula is C26H28ClN3O4. The quantitative estimate of drug-likeness (QED) is 0.538. The number of carbonyl (C=O) groups excluding carboxylic acids is 3. The standard InChI is InChI=1S/C26H28ClN3O4/c1-16-8-20(4-5-21(16)27)34-12-19(31)10-25-13-26(14-25,15-25)30-24(33)22-9-17(6-7-28-22)11-29-23(32)18-2-3-18/h4-9,18H,2-3,10-15H2,1H3,(H,29,32)(H,30,33). The lowest BCUT2D eigenvalue weighted by Crippen LogP contribution is -2.75. The van der Waals surface area contributed by atoms with Gasteiger partial charge in [-0.3, -0.25) is 19.4 Å². The van der Waals surface area contributed by atoms with E-state index in [1.807, 2.05) is 13.0 Å². The first kappa shape index (κ1) is 22.8. The maximum absolute atomic E-state index is 12.8. The van der Waals surface area contributed by atoms with E-state index in [2.05, 4.69) is 15.6 Å². The van der Waals surface area contributed by atoms with Crippen molar-refractivity contribution < 1.29 is 19.1 Å². The minimum absolute atomic E-state index is 0.0218. The molecule has 7 nitrogen and oxygen atoms in total. The Hall–Kier alpha value is -2.93. The fourth-order valence-electron chi connectivity index (χ4n) is 5.35. The smallest absolute Gasteiger partial charge is 0.270 e. The number of nitrogens with zero attached hydrogens (tertiary/aromatic N) is 1. The molecule has 4 aliphatic rings. The summed E-state index contributed by atoms with van der Waals surface area (Å²) in [4.78, 5) is 41.3. The Labute approximate surface area is 203 Å². The van der Waals surface area contributed by atoms with Crippen molar-refractivity contribution in [2.45, 2.75) is 57.5 Å². The van der Waals surface area contributed by atoms with Gasteiger partial charge in [0.1, 0.15) is 18.1 Å². The van der Waals surface area contributed by atoms with Gasteiger partial charge in [0.2, 0.25) is 5.91 Å². The average Bonchev–Trinajstić information content (AvgIpc) is 3.61. The van der Waals surface area contributed by atoms with Crippen LogP contribution in [0.25, 0.3) is 0 Å². The molecule has 6 rings (SSSR count). The summed E-state index contributed by atoms with van der Waals surface area (Å²) in [6.45, 7) is 2.33. The first-order valence-corrected chi connectivity index (χ1v) is 12.1. The Balaban J connectivity index is 1.07. The van der Waals surface area contributed by atoms with Crippen LogP contribution in [-0.4, -0.2) is 34.7 Å². The normalized spacial score (nSPS) is 24.4. The number of aryl methyl sites for hydroxylation is 1. The average molecular weight is 482 g/mol. The Morgan fingerprint density at radius 2 is 1.91 bits per heavy atom. The van der Waals surface area contributed by atoms with Gasteiger partial charge in [0.25, 0.3) is 5.91 Å². The number of amides is 2. The molecule has 34 heavy (non-hydrogen) atoms. The second-order valence-corrected chi connectivity index (χ2v) is 10.6. The van der Waals surface area contributed by atoms with Crippen LogP contribution < -0.4 is 15.4 Å². The molecule has 0 radical (unpaired) electrons. The maximum atomic E-state index is 12.8. The van der Waals surface area contributed by atoms with Crippen molar-refractivity contribution in [1.82, 2.24) is 15.6 Å². The van der Waals surface area contributed by atoms with Crippen molar-refractivity contribution in [1.29, 1.82) is 0 Å². The third-order valence-corrected chi connectivity index (χ3v) is 7.52. The molecule has 1 heterocycles. The number of nitrogens with one attached hydrogen (secondary N) is 2. The molecule has 1 aromatic heterocycles. The molecular weight excluding hydrogens is 454 g/mol. The molecule has 4 aliphatic carbocycles. The van der Waals surface area contributed by atoms with Crippen LogP contribution in [-0.2, 0) is 16.1 Å². The number of benzene rings is 1. The minimum atomic E-state index is -0.233. The van der Waals surface area contributed by atoms with E-state index in [1.54, 1.807) is 30.5 Å². The molecule has 2 aromatic rings. The summed E-state index contributed by atoms with van der Waals surface area (Å²) in [5.41, 5.74) is 1.85. The number of ether oxygens (including phenoxy) is 1. The third kappa shape index (κ3) is 4.80.